The maximum Gasteiger partial charge on any atom is 0.290 e. The van der Waals surface area contributed by atoms with Crippen LogP contribution in [0.2, 0.25) is 5.02 Å². The third kappa shape index (κ3) is 3.26. The predicted octanol–water partition coefficient (Wildman–Crippen LogP) is 3.77. The first-order valence-corrected chi connectivity index (χ1v) is 8.44. The number of carbonyl (C=O) groups excluding carboxylic acids is 2. The van der Waals surface area contributed by atoms with Crippen molar-refractivity contribution in [3.8, 4) is 5.75 Å². The lowest BCUT2D eigenvalue weighted by Gasteiger charge is -2.27. The molecule has 1 amide bonds. The Labute approximate surface area is 146 Å². The lowest BCUT2D eigenvalue weighted by molar-refractivity contribution is -0.129. The van der Waals surface area contributed by atoms with Crippen LogP contribution < -0.4 is 0 Å². The number of hydrogen-bond donors (Lipinski definition) is 2. The number of aliphatic hydroxyl groups is 1. The Hall–Kier alpha value is -2.01. The molecule has 1 aliphatic rings. The lowest BCUT2D eigenvalue weighted by atomic mass is 9.91. The summed E-state index contributed by atoms with van der Waals surface area (Å²) in [6, 6.07) is 3.88. The van der Waals surface area contributed by atoms with Gasteiger partial charge in [0.2, 0.25) is 0 Å². The maximum absolute atomic E-state index is 12.6. The largest absolute Gasteiger partial charge is 0.506 e. The summed E-state index contributed by atoms with van der Waals surface area (Å²) in [6.07, 6.45) is 1.63. The van der Waals surface area contributed by atoms with Gasteiger partial charge in [0.15, 0.2) is 11.5 Å². The molecule has 0 fully saturated rings. The van der Waals surface area contributed by atoms with Gasteiger partial charge in [0, 0.05) is 12.5 Å². The van der Waals surface area contributed by atoms with E-state index < -0.39 is 17.7 Å². The number of amides is 1. The molecule has 1 aliphatic heterocycles. The Kier molecular flexibility index (Phi) is 5.54. The van der Waals surface area contributed by atoms with Gasteiger partial charge >= 0.3 is 0 Å². The minimum Gasteiger partial charge on any atom is -0.506 e. The third-order valence-electron chi connectivity index (χ3n) is 4.13. The van der Waals surface area contributed by atoms with Crippen LogP contribution in [-0.4, -0.2) is 33.3 Å². The number of phenolic OH excluding ortho intramolecular Hbond substituents is 1. The molecule has 0 aliphatic carbocycles. The molecule has 1 aromatic rings. The van der Waals surface area contributed by atoms with Gasteiger partial charge in [-0.3, -0.25) is 9.59 Å². The summed E-state index contributed by atoms with van der Waals surface area (Å²) in [6.45, 7) is 5.88. The van der Waals surface area contributed by atoms with Crippen molar-refractivity contribution in [3.63, 3.8) is 0 Å². The molecule has 1 atom stereocenters. The van der Waals surface area contributed by atoms with Crippen LogP contribution in [0.5, 0.6) is 5.75 Å². The highest BCUT2D eigenvalue weighted by Gasteiger charge is 2.43. The van der Waals surface area contributed by atoms with E-state index in [-0.39, 0.29) is 28.0 Å². The van der Waals surface area contributed by atoms with Gasteiger partial charge < -0.3 is 15.1 Å². The Morgan fingerprint density at radius 1 is 1.33 bits per heavy atom. The molecule has 1 heterocycles. The average Bonchev–Trinajstić information content (AvgIpc) is 2.79. The molecule has 2 N–H and O–H groups in total. The summed E-state index contributed by atoms with van der Waals surface area (Å²) in [7, 11) is 0. The van der Waals surface area contributed by atoms with Crippen molar-refractivity contribution < 1.29 is 19.8 Å². The number of phenols is 1. The van der Waals surface area contributed by atoms with E-state index in [1.54, 1.807) is 19.9 Å². The molecule has 130 valence electrons. The summed E-state index contributed by atoms with van der Waals surface area (Å²) >= 11 is 5.99. The highest BCUT2D eigenvalue weighted by atomic mass is 35.5. The number of Topliss-reactive ketones (excluding diaryl/α,β-unsaturated/α-hetero) is 1. The van der Waals surface area contributed by atoms with Gasteiger partial charge in [0.05, 0.1) is 16.6 Å². The van der Waals surface area contributed by atoms with Gasteiger partial charge in [-0.15, -0.1) is 0 Å². The Bertz CT molecular complexity index is 696. The van der Waals surface area contributed by atoms with E-state index in [2.05, 4.69) is 0 Å². The highest BCUT2D eigenvalue weighted by Crippen LogP contribution is 2.40. The number of unbranched alkanes of at least 4 members (excludes halogenated alkanes) is 1. The summed E-state index contributed by atoms with van der Waals surface area (Å²) < 4.78 is 0. The standard InChI is InChI=1S/C18H22ClNO4/c1-4-5-8-20-15(11-6-7-13(21)12(19)9-11)14(16(22)10(2)3)17(23)18(20)24/h6-7,9-10,15,21,23H,4-5,8H2,1-3H3. The number of nitrogens with zero attached hydrogens (tertiary/aromatic N) is 1. The van der Waals surface area contributed by atoms with Crippen LogP contribution in [0.4, 0.5) is 0 Å². The van der Waals surface area contributed by atoms with E-state index in [0.29, 0.717) is 12.1 Å². The van der Waals surface area contributed by atoms with E-state index in [9.17, 15) is 19.8 Å². The van der Waals surface area contributed by atoms with Crippen molar-refractivity contribution in [1.29, 1.82) is 0 Å². The van der Waals surface area contributed by atoms with Crippen molar-refractivity contribution in [2.24, 2.45) is 5.92 Å². The number of aliphatic hydroxyl groups excluding tert-OH is 1. The van der Waals surface area contributed by atoms with Crippen molar-refractivity contribution in [2.75, 3.05) is 6.54 Å². The molecular formula is C18H22ClNO4. The van der Waals surface area contributed by atoms with Gasteiger partial charge in [0.25, 0.3) is 5.91 Å². The Balaban J connectivity index is 2.55. The van der Waals surface area contributed by atoms with E-state index in [1.165, 1.54) is 17.0 Å². The van der Waals surface area contributed by atoms with Crippen LogP contribution in [0.15, 0.2) is 29.5 Å². The molecule has 0 bridgehead atoms. The van der Waals surface area contributed by atoms with Crippen LogP contribution in [0, 0.1) is 5.92 Å². The number of halogens is 1. The number of carbonyl (C=O) groups is 2. The maximum atomic E-state index is 12.6. The minimum absolute atomic E-state index is 0.0743. The quantitative estimate of drug-likeness (QED) is 0.817. The SMILES string of the molecule is CCCCN1C(=O)C(O)=C(C(=O)C(C)C)C1c1ccc(O)c(Cl)c1. The van der Waals surface area contributed by atoms with Gasteiger partial charge in [-0.25, -0.2) is 0 Å². The summed E-state index contributed by atoms with van der Waals surface area (Å²) in [5.74, 6) is -1.72. The molecule has 24 heavy (non-hydrogen) atoms. The smallest absolute Gasteiger partial charge is 0.290 e. The zero-order valence-corrected chi connectivity index (χ0v) is 14.8. The molecular weight excluding hydrogens is 330 g/mol. The number of benzene rings is 1. The van der Waals surface area contributed by atoms with Crippen molar-refractivity contribution >= 4 is 23.3 Å². The topological polar surface area (TPSA) is 77.8 Å². The van der Waals surface area contributed by atoms with E-state index >= 15 is 0 Å². The Morgan fingerprint density at radius 2 is 2.00 bits per heavy atom. The number of hydrogen-bond acceptors (Lipinski definition) is 4. The summed E-state index contributed by atoms with van der Waals surface area (Å²) in [5.41, 5.74) is 0.697. The van der Waals surface area contributed by atoms with E-state index in [1.807, 2.05) is 6.92 Å². The van der Waals surface area contributed by atoms with Crippen molar-refractivity contribution in [2.45, 2.75) is 39.7 Å². The molecule has 6 heteroatoms. The van der Waals surface area contributed by atoms with Crippen molar-refractivity contribution in [1.82, 2.24) is 4.90 Å². The third-order valence-corrected chi connectivity index (χ3v) is 4.44. The number of ketones is 1. The molecule has 0 spiro atoms. The first kappa shape index (κ1) is 18.3. The molecule has 2 rings (SSSR count). The zero-order chi connectivity index (χ0) is 18.0. The molecule has 5 nitrogen and oxygen atoms in total. The summed E-state index contributed by atoms with van der Waals surface area (Å²) in [4.78, 5) is 26.5. The van der Waals surface area contributed by atoms with Gasteiger partial charge in [0.1, 0.15) is 5.75 Å². The van der Waals surface area contributed by atoms with Gasteiger partial charge in [-0.2, -0.15) is 0 Å². The van der Waals surface area contributed by atoms with Crippen LogP contribution in [-0.2, 0) is 9.59 Å². The second kappa shape index (κ2) is 7.26. The molecule has 1 aromatic carbocycles. The highest BCUT2D eigenvalue weighted by molar-refractivity contribution is 6.32. The van der Waals surface area contributed by atoms with Crippen LogP contribution >= 0.6 is 11.6 Å². The van der Waals surface area contributed by atoms with E-state index in [4.69, 9.17) is 11.6 Å². The molecule has 1 unspecified atom stereocenters. The van der Waals surface area contributed by atoms with Gasteiger partial charge in [-0.1, -0.05) is 44.9 Å². The van der Waals surface area contributed by atoms with Crippen LogP contribution in [0.3, 0.4) is 0 Å². The molecule has 0 radical (unpaired) electrons. The zero-order valence-electron chi connectivity index (χ0n) is 14.0. The lowest BCUT2D eigenvalue weighted by Crippen LogP contribution is -2.32. The molecule has 0 aromatic heterocycles. The van der Waals surface area contributed by atoms with Gasteiger partial charge in [-0.05, 0) is 24.1 Å². The second-order valence-electron chi connectivity index (χ2n) is 6.25. The fraction of sp³-hybridized carbons (Fsp3) is 0.444. The predicted molar refractivity (Wildman–Crippen MR) is 92.0 cm³/mol. The number of aromatic hydroxyl groups is 1. The fourth-order valence-electron chi connectivity index (χ4n) is 2.82. The average molecular weight is 352 g/mol. The van der Waals surface area contributed by atoms with Crippen molar-refractivity contribution in [3.05, 3.63) is 40.1 Å². The normalized spacial score (nSPS) is 18.0. The van der Waals surface area contributed by atoms with E-state index in [0.717, 1.165) is 12.8 Å². The van der Waals surface area contributed by atoms with Crippen LogP contribution in [0.25, 0.3) is 0 Å². The molecule has 0 saturated carbocycles. The summed E-state index contributed by atoms with van der Waals surface area (Å²) in [5, 5.41) is 20.0. The Morgan fingerprint density at radius 3 is 2.54 bits per heavy atom. The first-order chi connectivity index (χ1) is 11.3. The van der Waals surface area contributed by atoms with Crippen LogP contribution in [0.1, 0.15) is 45.2 Å². The minimum atomic E-state index is -0.683. The monoisotopic (exact) mass is 351 g/mol. The fourth-order valence-corrected chi connectivity index (χ4v) is 3.00. The molecule has 0 saturated heterocycles. The second-order valence-corrected chi connectivity index (χ2v) is 6.65. The number of rotatable bonds is 6. The first-order valence-electron chi connectivity index (χ1n) is 8.06.